The fourth-order valence-corrected chi connectivity index (χ4v) is 8.49. The number of nitrogens with zero attached hydrogens (tertiary/aromatic N) is 3. The summed E-state index contributed by atoms with van der Waals surface area (Å²) in [5, 5.41) is 12.3. The number of pyridine rings is 1. The number of phenols is 1. The van der Waals surface area contributed by atoms with Crippen molar-refractivity contribution in [1.29, 1.82) is 0 Å². The molecule has 0 fully saturated rings. The van der Waals surface area contributed by atoms with Gasteiger partial charge in [-0.1, -0.05) is 157 Å². The molecular weight excluding hydrogens is 755 g/mol. The Labute approximate surface area is 373 Å². The predicted octanol–water partition coefficient (Wildman–Crippen LogP) is 15.6. The number of rotatable bonds is 11. The Balaban J connectivity index is 1.31. The number of para-hydroxylation sites is 1. The number of benzene rings is 7. The summed E-state index contributed by atoms with van der Waals surface area (Å²) in [6.07, 6.45) is 2.49. The van der Waals surface area contributed by atoms with E-state index in [-0.39, 0.29) is 47.3 Å². The fraction of sp³-hybridized carbons (Fsp3) is 0.172. The van der Waals surface area contributed by atoms with E-state index in [4.69, 9.17) is 16.8 Å². The highest BCUT2D eigenvalue weighted by Gasteiger charge is 2.24. The van der Waals surface area contributed by atoms with Crippen LogP contribution in [-0.4, -0.2) is 19.6 Å². The van der Waals surface area contributed by atoms with E-state index in [1.54, 1.807) is 18.3 Å². The minimum atomic E-state index is -0.434. The number of imidazole rings is 1. The molecule has 2 aromatic heterocycles. The van der Waals surface area contributed by atoms with Gasteiger partial charge >= 0.3 is 0 Å². The second kappa shape index (κ2) is 17.1. The first-order valence-corrected chi connectivity index (χ1v) is 21.5. The smallest absolute Gasteiger partial charge is 0.149 e. The van der Waals surface area contributed by atoms with Gasteiger partial charge in [-0.2, -0.15) is 0 Å². The van der Waals surface area contributed by atoms with E-state index < -0.39 is 6.04 Å². The molecule has 0 unspecified atom stereocenters. The molecule has 7 aromatic carbocycles. The maximum absolute atomic E-state index is 12.3. The highest BCUT2D eigenvalue weighted by molar-refractivity contribution is 5.98. The summed E-state index contributed by atoms with van der Waals surface area (Å²) in [7, 11) is 0. The van der Waals surface area contributed by atoms with Gasteiger partial charge in [0.15, 0.2) is 0 Å². The summed E-state index contributed by atoms with van der Waals surface area (Å²) in [4.78, 5) is 10.4. The van der Waals surface area contributed by atoms with Gasteiger partial charge in [0.1, 0.15) is 11.6 Å². The molecule has 4 nitrogen and oxygen atoms in total. The van der Waals surface area contributed by atoms with Gasteiger partial charge in [-0.25, -0.2) is 4.98 Å². The Morgan fingerprint density at radius 2 is 1.27 bits per heavy atom. The topological polar surface area (TPSA) is 50.9 Å². The molecule has 0 aliphatic heterocycles. The number of aromatic hydroxyl groups is 1. The molecular formula is C58H53N3O. The van der Waals surface area contributed by atoms with E-state index in [0.717, 1.165) is 67.6 Å². The van der Waals surface area contributed by atoms with Gasteiger partial charge < -0.3 is 5.11 Å². The van der Waals surface area contributed by atoms with Crippen LogP contribution in [0, 0.1) is 5.92 Å². The zero-order chi connectivity index (χ0) is 47.3. The lowest BCUT2D eigenvalue weighted by Gasteiger charge is -2.19. The normalized spacial score (nSPS) is 12.8. The van der Waals surface area contributed by atoms with Crippen molar-refractivity contribution in [2.45, 2.75) is 59.8 Å². The minimum Gasteiger partial charge on any atom is -0.507 e. The summed E-state index contributed by atoms with van der Waals surface area (Å²) in [6.45, 7) is 13.1. The molecule has 0 aliphatic carbocycles. The molecule has 9 rings (SSSR count). The van der Waals surface area contributed by atoms with Crippen molar-refractivity contribution >= 4 is 11.0 Å². The summed E-state index contributed by atoms with van der Waals surface area (Å²) in [6, 6.07) is 45.8. The maximum Gasteiger partial charge on any atom is 0.149 e. The lowest BCUT2D eigenvalue weighted by molar-refractivity contribution is 0.466. The zero-order valence-electron chi connectivity index (χ0n) is 41.1. The molecule has 0 saturated carbocycles. The molecule has 4 heteroatoms. The Hall–Kier alpha value is -7.04. The van der Waals surface area contributed by atoms with Crippen molar-refractivity contribution < 1.29 is 12.0 Å². The molecule has 1 N–H and O–H groups in total. The number of hydrogen-bond acceptors (Lipinski definition) is 3. The van der Waals surface area contributed by atoms with E-state index in [1.807, 2.05) is 24.3 Å². The quantitative estimate of drug-likeness (QED) is 0.142. The van der Waals surface area contributed by atoms with Crippen LogP contribution in [0.2, 0.25) is 0 Å². The van der Waals surface area contributed by atoms with E-state index in [9.17, 15) is 5.11 Å². The van der Waals surface area contributed by atoms with Crippen LogP contribution < -0.4 is 0 Å². The van der Waals surface area contributed by atoms with Crippen LogP contribution >= 0.6 is 0 Å². The summed E-state index contributed by atoms with van der Waals surface area (Å²) >= 11 is 0. The largest absolute Gasteiger partial charge is 0.507 e. The average Bonchev–Trinajstić information content (AvgIpc) is 3.72. The van der Waals surface area contributed by atoms with Gasteiger partial charge in [-0.3, -0.25) is 9.55 Å². The van der Waals surface area contributed by atoms with Crippen molar-refractivity contribution in [3.8, 4) is 78.6 Å². The first-order valence-electron chi connectivity index (χ1n) is 24.0. The Morgan fingerprint density at radius 1 is 0.565 bits per heavy atom. The van der Waals surface area contributed by atoms with Gasteiger partial charge in [-0.15, -0.1) is 0 Å². The molecule has 0 bridgehead atoms. The molecule has 9 aromatic rings. The van der Waals surface area contributed by atoms with Gasteiger partial charge in [-0.05, 0) is 134 Å². The van der Waals surface area contributed by atoms with Crippen molar-refractivity contribution in [2.24, 2.45) is 5.92 Å². The Kier molecular flexibility index (Phi) is 9.58. The third-order valence-electron chi connectivity index (χ3n) is 11.6. The van der Waals surface area contributed by atoms with Crippen LogP contribution in [0.4, 0.5) is 0 Å². The highest BCUT2D eigenvalue weighted by atomic mass is 16.3. The van der Waals surface area contributed by atoms with E-state index in [0.29, 0.717) is 28.6 Å². The SMILES string of the molecule is [2H]c1c([2H])c([2H])c(-c2ccnc(-c3cc(-c4ccccc4)cc(-c4cccc5c4nc(-c4cc(C(C)C)cc(C(C)C)c4O)n5-c4ccc(-c5ccccc5)c(CC(C)C)c4)c3)c2)c([2H])c1[2H]. The predicted molar refractivity (Wildman–Crippen MR) is 260 cm³/mol. The number of phenolic OH excluding ortho intramolecular Hbond substituents is 1. The lowest BCUT2D eigenvalue weighted by Crippen LogP contribution is -2.04. The maximum atomic E-state index is 12.3. The van der Waals surface area contributed by atoms with Gasteiger partial charge in [0, 0.05) is 23.0 Å². The minimum absolute atomic E-state index is 0.0698. The van der Waals surface area contributed by atoms with E-state index >= 15 is 0 Å². The molecule has 0 saturated heterocycles. The Bertz CT molecular complexity index is 3290. The molecule has 0 aliphatic rings. The highest BCUT2D eigenvalue weighted by Crippen LogP contribution is 2.44. The third kappa shape index (κ3) is 7.97. The van der Waals surface area contributed by atoms with Crippen LogP contribution in [-0.2, 0) is 6.42 Å². The first kappa shape index (κ1) is 34.6. The number of hydrogen-bond donors (Lipinski definition) is 1. The fourth-order valence-electron chi connectivity index (χ4n) is 8.49. The molecule has 306 valence electrons. The molecule has 0 amide bonds. The Morgan fingerprint density at radius 3 is 1.98 bits per heavy atom. The molecule has 62 heavy (non-hydrogen) atoms. The van der Waals surface area contributed by atoms with Crippen molar-refractivity contribution in [3.05, 3.63) is 193 Å². The van der Waals surface area contributed by atoms with Crippen LogP contribution in [0.1, 0.15) is 76.9 Å². The average molecular weight is 813 g/mol. The van der Waals surface area contributed by atoms with Crippen LogP contribution in [0.15, 0.2) is 176 Å². The van der Waals surface area contributed by atoms with Gasteiger partial charge in [0.25, 0.3) is 0 Å². The summed E-state index contributed by atoms with van der Waals surface area (Å²) in [5.74, 6) is 1.54. The van der Waals surface area contributed by atoms with Crippen LogP contribution in [0.3, 0.4) is 0 Å². The summed E-state index contributed by atoms with van der Waals surface area (Å²) in [5.41, 5.74) is 14.5. The lowest BCUT2D eigenvalue weighted by atomic mass is 9.91. The number of fused-ring (bicyclic) bond motifs is 1. The van der Waals surface area contributed by atoms with Crippen molar-refractivity contribution in [2.75, 3.05) is 0 Å². The molecule has 0 radical (unpaired) electrons. The second-order valence-electron chi connectivity index (χ2n) is 17.2. The molecule has 0 spiro atoms. The van der Waals surface area contributed by atoms with Crippen LogP contribution in [0.5, 0.6) is 5.75 Å². The molecule has 0 atom stereocenters. The van der Waals surface area contributed by atoms with E-state index in [2.05, 4.69) is 149 Å². The number of aromatic nitrogens is 3. The van der Waals surface area contributed by atoms with E-state index in [1.165, 1.54) is 11.1 Å². The summed E-state index contributed by atoms with van der Waals surface area (Å²) < 4.78 is 44.5. The standard InChI is InChI=1S/C58H53N3O/c1-37(2)29-46-33-49(25-26-50(46)42-21-14-9-15-22-42)61-55-24-16-23-51(56(55)60-58(61)53-35-44(38(3)4)34-52(39(5)6)57(53)62)47-30-45(41-19-12-8-13-20-41)31-48(32-47)54-36-43(27-28-59-54)40-17-10-7-11-18-40/h7-28,30-39,62H,29H2,1-6H3/i7D,10D,11D,17D,18D. The first-order chi connectivity index (χ1) is 32.2. The zero-order valence-corrected chi connectivity index (χ0v) is 36.1. The van der Waals surface area contributed by atoms with Gasteiger partial charge in [0.2, 0.25) is 0 Å². The second-order valence-corrected chi connectivity index (χ2v) is 17.2. The van der Waals surface area contributed by atoms with Crippen molar-refractivity contribution in [3.63, 3.8) is 0 Å². The van der Waals surface area contributed by atoms with Crippen molar-refractivity contribution in [1.82, 2.24) is 14.5 Å². The molecule has 2 heterocycles. The van der Waals surface area contributed by atoms with Crippen LogP contribution in [0.25, 0.3) is 83.9 Å². The third-order valence-corrected chi connectivity index (χ3v) is 11.6. The monoisotopic (exact) mass is 812 g/mol. The van der Waals surface area contributed by atoms with Gasteiger partial charge in [0.05, 0.1) is 29.1 Å².